The van der Waals surface area contributed by atoms with Crippen LogP contribution in [-0.4, -0.2) is 37.0 Å². The van der Waals surface area contributed by atoms with Crippen molar-refractivity contribution in [2.24, 2.45) is 0 Å². The molecule has 1 saturated heterocycles. The molecule has 0 spiro atoms. The molecule has 0 aromatic carbocycles. The summed E-state index contributed by atoms with van der Waals surface area (Å²) >= 11 is 0. The molecule has 1 heterocycles. The van der Waals surface area contributed by atoms with Crippen LogP contribution in [0.5, 0.6) is 0 Å². The summed E-state index contributed by atoms with van der Waals surface area (Å²) in [6.45, 7) is 3.47. The van der Waals surface area contributed by atoms with Crippen LogP contribution in [0.15, 0.2) is 0 Å². The van der Waals surface area contributed by atoms with Gasteiger partial charge >= 0.3 is 0 Å². The Morgan fingerprint density at radius 1 is 1.54 bits per heavy atom. The van der Waals surface area contributed by atoms with E-state index in [1.54, 1.807) is 7.11 Å². The van der Waals surface area contributed by atoms with Crippen molar-refractivity contribution in [2.75, 3.05) is 20.3 Å². The molecule has 1 fully saturated rings. The van der Waals surface area contributed by atoms with Crippen molar-refractivity contribution in [2.45, 2.75) is 44.2 Å². The van der Waals surface area contributed by atoms with E-state index in [1.165, 1.54) is 12.8 Å². The van der Waals surface area contributed by atoms with Crippen molar-refractivity contribution in [3.8, 4) is 0 Å². The van der Waals surface area contributed by atoms with Gasteiger partial charge in [-0.05, 0) is 25.8 Å². The second-order valence-electron chi connectivity index (χ2n) is 3.89. The highest BCUT2D eigenvalue weighted by molar-refractivity contribution is 4.92. The van der Waals surface area contributed by atoms with E-state index in [0.29, 0.717) is 6.61 Å². The molecule has 0 aromatic rings. The SMILES string of the molecule is CCC(O)(COC)C1CCCCN1. The van der Waals surface area contributed by atoms with Gasteiger partial charge in [0.15, 0.2) is 0 Å². The van der Waals surface area contributed by atoms with Crippen LogP contribution in [0.3, 0.4) is 0 Å². The summed E-state index contributed by atoms with van der Waals surface area (Å²) in [7, 11) is 1.64. The van der Waals surface area contributed by atoms with Crippen LogP contribution in [-0.2, 0) is 4.74 Å². The van der Waals surface area contributed by atoms with E-state index in [-0.39, 0.29) is 6.04 Å². The monoisotopic (exact) mass is 187 g/mol. The molecule has 2 unspecified atom stereocenters. The number of ether oxygens (including phenoxy) is 1. The fourth-order valence-electron chi connectivity index (χ4n) is 2.01. The van der Waals surface area contributed by atoms with Gasteiger partial charge in [-0.1, -0.05) is 13.3 Å². The molecule has 0 amide bonds. The lowest BCUT2D eigenvalue weighted by atomic mass is 9.86. The smallest absolute Gasteiger partial charge is 0.103 e. The minimum atomic E-state index is -0.671. The van der Waals surface area contributed by atoms with Crippen LogP contribution < -0.4 is 5.32 Å². The van der Waals surface area contributed by atoms with Crippen LogP contribution in [0.25, 0.3) is 0 Å². The molecule has 0 aliphatic carbocycles. The summed E-state index contributed by atoms with van der Waals surface area (Å²) in [5.74, 6) is 0. The molecular weight excluding hydrogens is 166 g/mol. The van der Waals surface area contributed by atoms with Gasteiger partial charge in [-0.25, -0.2) is 0 Å². The maximum absolute atomic E-state index is 10.3. The van der Waals surface area contributed by atoms with Gasteiger partial charge in [0.25, 0.3) is 0 Å². The van der Waals surface area contributed by atoms with E-state index in [9.17, 15) is 5.11 Å². The van der Waals surface area contributed by atoms with Gasteiger partial charge < -0.3 is 15.2 Å². The first kappa shape index (κ1) is 11.0. The molecule has 78 valence electrons. The van der Waals surface area contributed by atoms with Crippen molar-refractivity contribution in [3.63, 3.8) is 0 Å². The molecule has 13 heavy (non-hydrogen) atoms. The van der Waals surface area contributed by atoms with Gasteiger partial charge in [0, 0.05) is 13.2 Å². The maximum atomic E-state index is 10.3. The molecule has 2 atom stereocenters. The summed E-state index contributed by atoms with van der Waals surface area (Å²) in [5.41, 5.74) is -0.671. The van der Waals surface area contributed by atoms with Crippen LogP contribution in [0.2, 0.25) is 0 Å². The number of hydrogen-bond acceptors (Lipinski definition) is 3. The highest BCUT2D eigenvalue weighted by atomic mass is 16.5. The van der Waals surface area contributed by atoms with Gasteiger partial charge in [0.05, 0.1) is 6.61 Å². The predicted octanol–water partition coefficient (Wildman–Crippen LogP) is 0.916. The zero-order chi connectivity index (χ0) is 9.73. The number of piperidine rings is 1. The standard InChI is InChI=1S/C10H21NO2/c1-3-10(12,8-13-2)9-6-4-5-7-11-9/h9,11-12H,3-8H2,1-2H3. The Bertz CT molecular complexity index is 146. The number of methoxy groups -OCH3 is 1. The van der Waals surface area contributed by atoms with Gasteiger partial charge in [0.1, 0.15) is 5.60 Å². The molecule has 1 aliphatic rings. The normalized spacial score (nSPS) is 28.4. The van der Waals surface area contributed by atoms with Crippen LogP contribution >= 0.6 is 0 Å². The van der Waals surface area contributed by atoms with E-state index in [0.717, 1.165) is 19.4 Å². The van der Waals surface area contributed by atoms with Crippen molar-refractivity contribution < 1.29 is 9.84 Å². The van der Waals surface area contributed by atoms with E-state index in [4.69, 9.17) is 4.74 Å². The summed E-state index contributed by atoms with van der Waals surface area (Å²) in [6, 6.07) is 0.214. The Morgan fingerprint density at radius 3 is 2.77 bits per heavy atom. The summed E-state index contributed by atoms with van der Waals surface area (Å²) in [5, 5.41) is 13.6. The molecule has 1 aliphatic heterocycles. The van der Waals surface area contributed by atoms with Gasteiger partial charge in [-0.15, -0.1) is 0 Å². The quantitative estimate of drug-likeness (QED) is 0.687. The Balaban J connectivity index is 2.51. The first-order valence-electron chi connectivity index (χ1n) is 5.17. The second kappa shape index (κ2) is 4.94. The predicted molar refractivity (Wildman–Crippen MR) is 52.8 cm³/mol. The van der Waals surface area contributed by atoms with Crippen LogP contribution in [0.4, 0.5) is 0 Å². The van der Waals surface area contributed by atoms with E-state index < -0.39 is 5.60 Å². The highest BCUT2D eigenvalue weighted by Gasteiger charge is 2.35. The van der Waals surface area contributed by atoms with E-state index in [1.807, 2.05) is 6.92 Å². The molecular formula is C10H21NO2. The zero-order valence-corrected chi connectivity index (χ0v) is 8.68. The second-order valence-corrected chi connectivity index (χ2v) is 3.89. The number of rotatable bonds is 4. The number of aliphatic hydroxyl groups is 1. The molecule has 0 saturated carbocycles. The lowest BCUT2D eigenvalue weighted by Crippen LogP contribution is -2.55. The van der Waals surface area contributed by atoms with Crippen LogP contribution in [0, 0.1) is 0 Å². The third kappa shape index (κ3) is 2.66. The minimum absolute atomic E-state index is 0.214. The molecule has 3 nitrogen and oxygen atoms in total. The van der Waals surface area contributed by atoms with Gasteiger partial charge in [-0.2, -0.15) is 0 Å². The maximum Gasteiger partial charge on any atom is 0.103 e. The molecule has 1 rings (SSSR count). The average molecular weight is 187 g/mol. The fourth-order valence-corrected chi connectivity index (χ4v) is 2.01. The fraction of sp³-hybridized carbons (Fsp3) is 1.00. The lowest BCUT2D eigenvalue weighted by molar-refractivity contribution is -0.0659. The van der Waals surface area contributed by atoms with E-state index >= 15 is 0 Å². The molecule has 2 N–H and O–H groups in total. The summed E-state index contributed by atoms with van der Waals surface area (Å²) in [6.07, 6.45) is 4.25. The zero-order valence-electron chi connectivity index (χ0n) is 8.68. The topological polar surface area (TPSA) is 41.5 Å². The molecule has 3 heteroatoms. The van der Waals surface area contributed by atoms with Crippen LogP contribution in [0.1, 0.15) is 32.6 Å². The molecule has 0 aromatic heterocycles. The average Bonchev–Trinajstić information content (AvgIpc) is 2.19. The van der Waals surface area contributed by atoms with Gasteiger partial charge in [-0.3, -0.25) is 0 Å². The summed E-state index contributed by atoms with van der Waals surface area (Å²) < 4.78 is 5.06. The van der Waals surface area contributed by atoms with Crippen molar-refractivity contribution in [1.82, 2.24) is 5.32 Å². The Labute approximate surface area is 80.5 Å². The van der Waals surface area contributed by atoms with Crippen molar-refractivity contribution in [1.29, 1.82) is 0 Å². The van der Waals surface area contributed by atoms with Gasteiger partial charge in [0.2, 0.25) is 0 Å². The molecule has 0 radical (unpaired) electrons. The Kier molecular flexibility index (Phi) is 4.16. The largest absolute Gasteiger partial charge is 0.386 e. The first-order valence-corrected chi connectivity index (χ1v) is 5.17. The van der Waals surface area contributed by atoms with Crippen molar-refractivity contribution >= 4 is 0 Å². The number of nitrogens with one attached hydrogen (secondary N) is 1. The lowest BCUT2D eigenvalue weighted by Gasteiger charge is -2.38. The first-order chi connectivity index (χ1) is 6.23. The third-order valence-corrected chi connectivity index (χ3v) is 2.97. The van der Waals surface area contributed by atoms with E-state index in [2.05, 4.69) is 5.32 Å². The minimum Gasteiger partial charge on any atom is -0.386 e. The third-order valence-electron chi connectivity index (χ3n) is 2.97. The Hall–Kier alpha value is -0.120. The Morgan fingerprint density at radius 2 is 2.31 bits per heavy atom. The van der Waals surface area contributed by atoms with Crippen molar-refractivity contribution in [3.05, 3.63) is 0 Å². The molecule has 0 bridgehead atoms. The summed E-state index contributed by atoms with van der Waals surface area (Å²) in [4.78, 5) is 0. The highest BCUT2D eigenvalue weighted by Crippen LogP contribution is 2.22. The number of hydrogen-bond donors (Lipinski definition) is 2.